The average Bonchev–Trinajstić information content (AvgIpc) is 2.43. The molecule has 21 heavy (non-hydrogen) atoms. The van der Waals surface area contributed by atoms with Gasteiger partial charge in [0.15, 0.2) is 11.6 Å². The van der Waals surface area contributed by atoms with Gasteiger partial charge in [-0.1, -0.05) is 18.6 Å². The van der Waals surface area contributed by atoms with Crippen molar-refractivity contribution in [3.63, 3.8) is 0 Å². The number of benzene rings is 1. The Bertz CT molecular complexity index is 512. The lowest BCUT2D eigenvalue weighted by Crippen LogP contribution is -2.33. The highest BCUT2D eigenvalue weighted by molar-refractivity contribution is 5.28. The molecule has 1 aromatic carbocycles. The molecule has 0 heterocycles. The topological polar surface area (TPSA) is 26.0 Å². The van der Waals surface area contributed by atoms with E-state index in [1.165, 1.54) is 19.1 Å². The minimum Gasteiger partial charge on any atom is -0.324 e. The Labute approximate surface area is 120 Å². The largest absolute Gasteiger partial charge is 0.391 e. The van der Waals surface area contributed by atoms with Crippen LogP contribution in [-0.4, -0.2) is 6.18 Å². The molecule has 3 atom stereocenters. The van der Waals surface area contributed by atoms with Crippen LogP contribution in [-0.2, 0) is 0 Å². The second-order valence-corrected chi connectivity index (χ2v) is 5.79. The molecule has 6 heteroatoms. The van der Waals surface area contributed by atoms with Gasteiger partial charge in [0.05, 0.1) is 5.92 Å². The summed E-state index contributed by atoms with van der Waals surface area (Å²) in [4.78, 5) is 0. The van der Waals surface area contributed by atoms with Gasteiger partial charge in [-0.05, 0) is 37.7 Å². The fourth-order valence-electron chi connectivity index (χ4n) is 3.02. The predicted molar refractivity (Wildman–Crippen MR) is 69.5 cm³/mol. The molecule has 118 valence electrons. The molecule has 0 amide bonds. The summed E-state index contributed by atoms with van der Waals surface area (Å²) >= 11 is 0. The third-order valence-electron chi connectivity index (χ3n) is 4.35. The van der Waals surface area contributed by atoms with E-state index in [0.29, 0.717) is 12.8 Å². The van der Waals surface area contributed by atoms with Crippen LogP contribution in [0.2, 0.25) is 0 Å². The number of aryl methyl sites for hydroxylation is 1. The zero-order chi connectivity index (χ0) is 15.8. The Morgan fingerprint density at radius 3 is 2.43 bits per heavy atom. The fraction of sp³-hybridized carbons (Fsp3) is 0.600. The zero-order valence-corrected chi connectivity index (χ0v) is 11.7. The molecule has 2 N–H and O–H groups in total. The summed E-state index contributed by atoms with van der Waals surface area (Å²) in [5.74, 6) is -3.91. The van der Waals surface area contributed by atoms with E-state index in [4.69, 9.17) is 5.73 Å². The Morgan fingerprint density at radius 2 is 1.81 bits per heavy atom. The van der Waals surface area contributed by atoms with Crippen LogP contribution < -0.4 is 5.73 Å². The van der Waals surface area contributed by atoms with Gasteiger partial charge in [0.25, 0.3) is 0 Å². The molecule has 3 unspecified atom stereocenters. The van der Waals surface area contributed by atoms with Crippen LogP contribution in [0.1, 0.15) is 42.9 Å². The molecule has 1 aliphatic rings. The fourth-order valence-corrected chi connectivity index (χ4v) is 3.02. The maximum Gasteiger partial charge on any atom is 0.391 e. The van der Waals surface area contributed by atoms with Crippen LogP contribution in [0.5, 0.6) is 0 Å². The van der Waals surface area contributed by atoms with E-state index >= 15 is 0 Å². The van der Waals surface area contributed by atoms with Crippen molar-refractivity contribution in [2.75, 3.05) is 0 Å². The first-order valence-electron chi connectivity index (χ1n) is 6.98. The van der Waals surface area contributed by atoms with Crippen molar-refractivity contribution in [3.8, 4) is 0 Å². The van der Waals surface area contributed by atoms with Gasteiger partial charge in [-0.25, -0.2) is 8.78 Å². The summed E-state index contributed by atoms with van der Waals surface area (Å²) < 4.78 is 65.9. The van der Waals surface area contributed by atoms with Gasteiger partial charge in [0.2, 0.25) is 0 Å². The molecule has 0 bridgehead atoms. The summed E-state index contributed by atoms with van der Waals surface area (Å²) in [5.41, 5.74) is 6.04. The Kier molecular flexibility index (Phi) is 4.56. The SMILES string of the molecule is Cc1ccc(C(N)C2CCCC(C(F)(F)F)C2)c(F)c1F. The number of alkyl halides is 3. The molecular weight excluding hydrogens is 289 g/mol. The normalized spacial score (nSPS) is 24.9. The Hall–Kier alpha value is -1.17. The van der Waals surface area contributed by atoms with Crippen LogP contribution >= 0.6 is 0 Å². The van der Waals surface area contributed by atoms with Gasteiger partial charge in [-0.3, -0.25) is 0 Å². The standard InChI is InChI=1S/C15H18F5N/c1-8-5-6-11(13(17)12(8)16)14(21)9-3-2-4-10(7-9)15(18,19)20/h5-6,9-10,14H,2-4,7,21H2,1H3. The van der Waals surface area contributed by atoms with Gasteiger partial charge in [-0.2, -0.15) is 13.2 Å². The number of nitrogens with two attached hydrogens (primary N) is 1. The first-order valence-corrected chi connectivity index (χ1v) is 6.98. The van der Waals surface area contributed by atoms with Gasteiger partial charge >= 0.3 is 6.18 Å². The van der Waals surface area contributed by atoms with Crippen LogP contribution in [0.25, 0.3) is 0 Å². The quantitative estimate of drug-likeness (QED) is 0.791. The van der Waals surface area contributed by atoms with E-state index in [1.807, 2.05) is 0 Å². The van der Waals surface area contributed by atoms with E-state index in [0.717, 1.165) is 0 Å². The van der Waals surface area contributed by atoms with E-state index in [9.17, 15) is 22.0 Å². The van der Waals surface area contributed by atoms with Crippen molar-refractivity contribution in [2.45, 2.75) is 44.8 Å². The summed E-state index contributed by atoms with van der Waals surface area (Å²) in [6, 6.07) is 1.86. The van der Waals surface area contributed by atoms with E-state index in [1.54, 1.807) is 0 Å². The van der Waals surface area contributed by atoms with Crippen molar-refractivity contribution < 1.29 is 22.0 Å². The highest BCUT2D eigenvalue weighted by Crippen LogP contribution is 2.43. The van der Waals surface area contributed by atoms with Gasteiger partial charge < -0.3 is 5.73 Å². The lowest BCUT2D eigenvalue weighted by Gasteiger charge is -2.34. The molecule has 1 aromatic rings. The molecule has 0 saturated heterocycles. The minimum absolute atomic E-state index is 0.0362. The first kappa shape index (κ1) is 16.2. The Morgan fingerprint density at radius 1 is 1.14 bits per heavy atom. The molecule has 0 spiro atoms. The third kappa shape index (κ3) is 3.36. The second kappa shape index (κ2) is 5.91. The maximum atomic E-state index is 13.9. The molecule has 2 rings (SSSR count). The number of halogens is 5. The smallest absolute Gasteiger partial charge is 0.324 e. The lowest BCUT2D eigenvalue weighted by molar-refractivity contribution is -0.186. The predicted octanol–water partition coefficient (Wildman–Crippen LogP) is 4.64. The van der Waals surface area contributed by atoms with Crippen molar-refractivity contribution in [1.82, 2.24) is 0 Å². The van der Waals surface area contributed by atoms with Crippen LogP contribution in [0.3, 0.4) is 0 Å². The summed E-state index contributed by atoms with van der Waals surface area (Å²) in [5, 5.41) is 0. The van der Waals surface area contributed by atoms with Crippen molar-refractivity contribution in [3.05, 3.63) is 34.9 Å². The number of rotatable bonds is 2. The number of hydrogen-bond acceptors (Lipinski definition) is 1. The van der Waals surface area contributed by atoms with Gasteiger partial charge in [0.1, 0.15) is 0 Å². The Balaban J connectivity index is 2.20. The zero-order valence-electron chi connectivity index (χ0n) is 11.7. The number of hydrogen-bond donors (Lipinski definition) is 1. The van der Waals surface area contributed by atoms with Crippen LogP contribution in [0.15, 0.2) is 12.1 Å². The molecular formula is C15H18F5N. The van der Waals surface area contributed by atoms with Gasteiger partial charge in [0, 0.05) is 11.6 Å². The molecule has 1 fully saturated rings. The molecule has 0 aliphatic heterocycles. The molecule has 1 nitrogen and oxygen atoms in total. The van der Waals surface area contributed by atoms with E-state index in [2.05, 4.69) is 0 Å². The first-order chi connectivity index (χ1) is 9.71. The molecule has 0 aromatic heterocycles. The van der Waals surface area contributed by atoms with E-state index in [-0.39, 0.29) is 24.0 Å². The molecule has 0 radical (unpaired) electrons. The van der Waals surface area contributed by atoms with Crippen molar-refractivity contribution in [2.24, 2.45) is 17.6 Å². The van der Waals surface area contributed by atoms with Crippen LogP contribution in [0.4, 0.5) is 22.0 Å². The highest BCUT2D eigenvalue weighted by Gasteiger charge is 2.43. The van der Waals surface area contributed by atoms with Crippen molar-refractivity contribution >= 4 is 0 Å². The second-order valence-electron chi connectivity index (χ2n) is 5.79. The summed E-state index contributed by atoms with van der Waals surface area (Å²) in [6.45, 7) is 1.42. The maximum absolute atomic E-state index is 13.9. The van der Waals surface area contributed by atoms with Crippen molar-refractivity contribution in [1.29, 1.82) is 0 Å². The highest BCUT2D eigenvalue weighted by atomic mass is 19.4. The monoisotopic (exact) mass is 307 g/mol. The third-order valence-corrected chi connectivity index (χ3v) is 4.35. The average molecular weight is 307 g/mol. The lowest BCUT2D eigenvalue weighted by atomic mass is 9.76. The summed E-state index contributed by atoms with van der Waals surface area (Å²) in [7, 11) is 0. The molecule has 1 aliphatic carbocycles. The summed E-state index contributed by atoms with van der Waals surface area (Å²) in [6.07, 6.45) is -3.40. The minimum atomic E-state index is -4.25. The molecule has 1 saturated carbocycles. The van der Waals surface area contributed by atoms with E-state index < -0.39 is 35.7 Å². The van der Waals surface area contributed by atoms with Gasteiger partial charge in [-0.15, -0.1) is 0 Å². The van der Waals surface area contributed by atoms with Crippen LogP contribution in [0, 0.1) is 30.4 Å².